The third kappa shape index (κ3) is 9.43. The van der Waals surface area contributed by atoms with E-state index in [-0.39, 0.29) is 38.8 Å². The van der Waals surface area contributed by atoms with Gasteiger partial charge in [-0.05, 0) is 67.2 Å². The summed E-state index contributed by atoms with van der Waals surface area (Å²) >= 11 is 0. The summed E-state index contributed by atoms with van der Waals surface area (Å²) in [5, 5.41) is 0.310. The first-order valence-electron chi connectivity index (χ1n) is 14.5. The molecule has 0 aromatic heterocycles. The lowest BCUT2D eigenvalue weighted by atomic mass is 10.0. The summed E-state index contributed by atoms with van der Waals surface area (Å²) < 4.78 is 27.4. The van der Waals surface area contributed by atoms with Gasteiger partial charge in [-0.1, -0.05) is 68.4 Å². The molecule has 0 heterocycles. The zero-order valence-electron chi connectivity index (χ0n) is 27.8. The van der Waals surface area contributed by atoms with Gasteiger partial charge in [0.25, 0.3) is 0 Å². The number of rotatable bonds is 14. The van der Waals surface area contributed by atoms with Crippen LogP contribution in [-0.2, 0) is 18.0 Å². The molecule has 0 aromatic rings. The van der Waals surface area contributed by atoms with E-state index in [2.05, 4.69) is 114 Å². The first kappa shape index (κ1) is 35.8. The van der Waals surface area contributed by atoms with Crippen LogP contribution in [0.25, 0.3) is 0 Å². The molecule has 0 N–H and O–H groups in total. The van der Waals surface area contributed by atoms with Crippen LogP contribution in [0.1, 0.15) is 81.6 Å². The molecule has 0 bridgehead atoms. The van der Waals surface area contributed by atoms with Gasteiger partial charge in [-0.15, -0.1) is 18.9 Å². The quantitative estimate of drug-likeness (QED) is 0.116. The lowest BCUT2D eigenvalue weighted by Crippen LogP contribution is -2.54. The minimum Gasteiger partial charge on any atom is -0.416 e. The predicted molar refractivity (Wildman–Crippen MR) is 172 cm³/mol. The standard InChI is InChI=1S/C31H62O4Si3/c1-18-20-26(35-38(16,17)30(9,10)11)27(25(19-2)34-37(14,15)29(6,7)8)32-23-31(21-22-31)24-33-36(12,13)28(3,4)5/h1,19,25-27H,2,20-24H2,3-17H3/t25-,26-,27-/m1/s1. The van der Waals surface area contributed by atoms with Gasteiger partial charge in [-0.25, -0.2) is 0 Å². The van der Waals surface area contributed by atoms with Crippen molar-refractivity contribution in [2.45, 2.75) is 154 Å². The van der Waals surface area contributed by atoms with Crippen LogP contribution in [0.3, 0.4) is 0 Å². The fourth-order valence-electron chi connectivity index (χ4n) is 3.41. The van der Waals surface area contributed by atoms with E-state index in [0.29, 0.717) is 13.0 Å². The zero-order valence-corrected chi connectivity index (χ0v) is 30.8. The van der Waals surface area contributed by atoms with E-state index in [1.165, 1.54) is 0 Å². The molecular formula is C31H62O4Si3. The predicted octanol–water partition coefficient (Wildman–Crippen LogP) is 9.16. The smallest absolute Gasteiger partial charge is 0.193 e. The molecule has 1 rings (SSSR count). The van der Waals surface area contributed by atoms with Gasteiger partial charge in [-0.2, -0.15) is 0 Å². The first-order valence-corrected chi connectivity index (χ1v) is 23.2. The van der Waals surface area contributed by atoms with E-state index in [1.54, 1.807) is 0 Å². The van der Waals surface area contributed by atoms with Crippen LogP contribution in [0.5, 0.6) is 0 Å². The molecule has 1 saturated carbocycles. The molecule has 1 aliphatic carbocycles. The molecule has 0 aromatic carbocycles. The molecule has 7 heteroatoms. The second-order valence-electron chi connectivity index (χ2n) is 16.2. The van der Waals surface area contributed by atoms with Crippen LogP contribution in [0.15, 0.2) is 12.7 Å². The van der Waals surface area contributed by atoms with Gasteiger partial charge in [0.2, 0.25) is 0 Å². The topological polar surface area (TPSA) is 36.9 Å². The third-order valence-corrected chi connectivity index (χ3v) is 23.3. The molecule has 222 valence electrons. The fraction of sp³-hybridized carbons (Fsp3) is 0.871. The lowest BCUT2D eigenvalue weighted by Gasteiger charge is -2.45. The van der Waals surface area contributed by atoms with Crippen LogP contribution in [0, 0.1) is 17.8 Å². The molecule has 0 aliphatic heterocycles. The van der Waals surface area contributed by atoms with Crippen molar-refractivity contribution in [3.05, 3.63) is 12.7 Å². The van der Waals surface area contributed by atoms with E-state index in [1.807, 2.05) is 6.08 Å². The monoisotopic (exact) mass is 582 g/mol. The molecular weight excluding hydrogens is 521 g/mol. The Balaban J connectivity index is 3.30. The lowest BCUT2D eigenvalue weighted by molar-refractivity contribution is -0.0911. The van der Waals surface area contributed by atoms with Crippen molar-refractivity contribution in [3.8, 4) is 12.3 Å². The molecule has 0 unspecified atom stereocenters. The maximum atomic E-state index is 6.97. The van der Waals surface area contributed by atoms with E-state index in [9.17, 15) is 0 Å². The van der Waals surface area contributed by atoms with Gasteiger partial charge in [0, 0.05) is 18.4 Å². The van der Waals surface area contributed by atoms with Gasteiger partial charge in [0.1, 0.15) is 6.10 Å². The number of ether oxygens (including phenoxy) is 1. The minimum absolute atomic E-state index is 0.0586. The molecule has 1 fully saturated rings. The summed E-state index contributed by atoms with van der Waals surface area (Å²) in [4.78, 5) is 0. The van der Waals surface area contributed by atoms with Crippen LogP contribution < -0.4 is 0 Å². The van der Waals surface area contributed by atoms with Crippen molar-refractivity contribution in [2.24, 2.45) is 5.41 Å². The Morgan fingerprint density at radius 3 is 1.61 bits per heavy atom. The van der Waals surface area contributed by atoms with Crippen molar-refractivity contribution in [3.63, 3.8) is 0 Å². The third-order valence-electron chi connectivity index (χ3n) is 9.82. The van der Waals surface area contributed by atoms with Crippen LogP contribution in [-0.4, -0.2) is 56.5 Å². The van der Waals surface area contributed by atoms with Gasteiger partial charge >= 0.3 is 0 Å². The highest BCUT2D eigenvalue weighted by Gasteiger charge is 2.49. The molecule has 0 saturated heterocycles. The van der Waals surface area contributed by atoms with Crippen molar-refractivity contribution in [1.82, 2.24) is 0 Å². The number of hydrogen-bond acceptors (Lipinski definition) is 4. The average molecular weight is 583 g/mol. The highest BCUT2D eigenvalue weighted by molar-refractivity contribution is 6.75. The minimum atomic E-state index is -2.12. The maximum Gasteiger partial charge on any atom is 0.193 e. The van der Waals surface area contributed by atoms with Gasteiger partial charge in [0.15, 0.2) is 25.0 Å². The van der Waals surface area contributed by atoms with Gasteiger partial charge < -0.3 is 18.0 Å². The summed E-state index contributed by atoms with van der Waals surface area (Å²) in [6.45, 7) is 39.8. The Labute approximate surface area is 240 Å². The average Bonchev–Trinajstić information content (AvgIpc) is 3.49. The number of hydrogen-bond donors (Lipinski definition) is 0. The van der Waals surface area contributed by atoms with E-state index >= 15 is 0 Å². The fourth-order valence-corrected chi connectivity index (χ4v) is 7.10. The Kier molecular flexibility index (Phi) is 11.6. The summed E-state index contributed by atoms with van der Waals surface area (Å²) in [7, 11) is -6.05. The van der Waals surface area contributed by atoms with Crippen molar-refractivity contribution < 1.29 is 18.0 Å². The molecule has 3 atom stereocenters. The molecule has 0 spiro atoms. The Hall–Kier alpha value is -0.209. The van der Waals surface area contributed by atoms with Crippen molar-refractivity contribution in [1.29, 1.82) is 0 Å². The molecule has 0 amide bonds. The normalized spacial score (nSPS) is 19.4. The largest absolute Gasteiger partial charge is 0.416 e. The Morgan fingerprint density at radius 2 is 1.24 bits per heavy atom. The van der Waals surface area contributed by atoms with E-state index < -0.39 is 25.0 Å². The molecule has 4 nitrogen and oxygen atoms in total. The first-order chi connectivity index (χ1) is 16.8. The van der Waals surface area contributed by atoms with Crippen LogP contribution in [0.2, 0.25) is 54.4 Å². The Bertz CT molecular complexity index is 818. The highest BCUT2D eigenvalue weighted by atomic mass is 28.4. The summed E-state index contributed by atoms with van der Waals surface area (Å²) in [6, 6.07) is 0. The highest BCUT2D eigenvalue weighted by Crippen LogP contribution is 2.49. The second kappa shape index (κ2) is 12.3. The summed E-state index contributed by atoms with van der Waals surface area (Å²) in [6.07, 6.45) is 9.69. The number of terminal acetylenes is 1. The van der Waals surface area contributed by atoms with Crippen molar-refractivity contribution in [2.75, 3.05) is 13.2 Å². The van der Waals surface area contributed by atoms with Crippen molar-refractivity contribution >= 4 is 25.0 Å². The maximum absolute atomic E-state index is 6.97. The van der Waals surface area contributed by atoms with Gasteiger partial charge in [0.05, 0.1) is 18.8 Å². The second-order valence-corrected chi connectivity index (χ2v) is 30.5. The SMILES string of the molecule is C#CC[C@@H](O[Si](C)(C)C(C)(C)C)[C@H](OCC1(CO[Si](C)(C)C(C)(C)C)CC1)[C@@H](C=C)O[Si](C)(C)C(C)(C)C. The van der Waals surface area contributed by atoms with E-state index in [0.717, 1.165) is 19.4 Å². The summed E-state index contributed by atoms with van der Waals surface area (Å²) in [5.41, 5.74) is 0.0636. The molecule has 0 radical (unpaired) electrons. The van der Waals surface area contributed by atoms with Crippen LogP contribution in [0.4, 0.5) is 0 Å². The Morgan fingerprint density at radius 1 is 0.789 bits per heavy atom. The molecule has 1 aliphatic rings. The zero-order chi connectivity index (χ0) is 30.0. The van der Waals surface area contributed by atoms with Gasteiger partial charge in [-0.3, -0.25) is 0 Å². The van der Waals surface area contributed by atoms with E-state index in [4.69, 9.17) is 24.4 Å². The molecule has 38 heavy (non-hydrogen) atoms. The van der Waals surface area contributed by atoms with Crippen LogP contribution >= 0.6 is 0 Å². The summed E-state index contributed by atoms with van der Waals surface area (Å²) in [5.74, 6) is 2.89.